The summed E-state index contributed by atoms with van der Waals surface area (Å²) in [7, 11) is 0. The molecule has 246 valence electrons. The van der Waals surface area contributed by atoms with Crippen LogP contribution < -0.4 is 21.3 Å². The lowest BCUT2D eigenvalue weighted by atomic mass is 9.34. The van der Waals surface area contributed by atoms with E-state index in [-0.39, 0.29) is 6.71 Å². The molecular weight excluding hydrogens is 665 g/mol. The number of fused-ring (bicyclic) bond motifs is 14. The van der Waals surface area contributed by atoms with E-state index in [4.69, 9.17) is 4.42 Å². The van der Waals surface area contributed by atoms with Crippen molar-refractivity contribution in [1.82, 2.24) is 9.13 Å². The molecule has 0 bridgehead atoms. The number of benzene rings is 7. The minimum absolute atomic E-state index is 0.0586. The number of para-hydroxylation sites is 4. The Kier molecular flexibility index (Phi) is 5.25. The molecule has 2 aliphatic rings. The molecule has 0 spiro atoms. The van der Waals surface area contributed by atoms with Crippen LogP contribution in [0.1, 0.15) is 5.56 Å². The number of aromatic nitrogens is 2. The van der Waals surface area contributed by atoms with Crippen molar-refractivity contribution in [2.24, 2.45) is 0 Å². The smallest absolute Gasteiger partial charge is 0.252 e. The van der Waals surface area contributed by atoms with Crippen LogP contribution in [-0.2, 0) is 0 Å². The maximum absolute atomic E-state index is 7.00. The normalized spacial score (nSPS) is 13.0. The summed E-state index contributed by atoms with van der Waals surface area (Å²) in [6, 6.07) is 55.4. The molecule has 0 saturated heterocycles. The Bertz CT molecular complexity index is 3330. The largest absolute Gasteiger partial charge is 0.454 e. The Morgan fingerprint density at radius 3 is 1.98 bits per heavy atom. The van der Waals surface area contributed by atoms with E-state index in [0.29, 0.717) is 0 Å². The van der Waals surface area contributed by atoms with Crippen LogP contribution in [0.5, 0.6) is 0 Å². The fourth-order valence-electron chi connectivity index (χ4n) is 9.76. The van der Waals surface area contributed by atoms with E-state index in [1.54, 1.807) is 0 Å². The van der Waals surface area contributed by atoms with Crippen molar-refractivity contribution in [1.29, 1.82) is 0 Å². The van der Waals surface area contributed by atoms with Gasteiger partial charge in [-0.15, -0.1) is 11.3 Å². The molecule has 6 heteroatoms. The summed E-state index contributed by atoms with van der Waals surface area (Å²) in [6.45, 7) is 2.31. The van der Waals surface area contributed by atoms with Crippen molar-refractivity contribution in [2.75, 3.05) is 4.90 Å². The van der Waals surface area contributed by atoms with E-state index in [9.17, 15) is 0 Å². The summed E-state index contributed by atoms with van der Waals surface area (Å²) in [5.41, 5.74) is 17.9. The van der Waals surface area contributed by atoms with Gasteiger partial charge in [-0.2, -0.15) is 0 Å². The van der Waals surface area contributed by atoms with Crippen LogP contribution in [-0.4, -0.2) is 15.8 Å². The van der Waals surface area contributed by atoms with E-state index >= 15 is 0 Å². The predicted molar refractivity (Wildman–Crippen MR) is 224 cm³/mol. The third-order valence-electron chi connectivity index (χ3n) is 11.7. The minimum atomic E-state index is 0.0586. The van der Waals surface area contributed by atoms with Gasteiger partial charge < -0.3 is 18.5 Å². The second kappa shape index (κ2) is 9.88. The van der Waals surface area contributed by atoms with Crippen LogP contribution in [0.3, 0.4) is 0 Å². The summed E-state index contributed by atoms with van der Waals surface area (Å²) >= 11 is 1.92. The Morgan fingerprint density at radius 2 is 1.21 bits per heavy atom. The topological polar surface area (TPSA) is 26.2 Å². The molecule has 53 heavy (non-hydrogen) atoms. The van der Waals surface area contributed by atoms with E-state index in [2.05, 4.69) is 173 Å². The molecule has 7 aromatic carbocycles. The van der Waals surface area contributed by atoms with Crippen molar-refractivity contribution in [3.63, 3.8) is 0 Å². The van der Waals surface area contributed by atoms with Gasteiger partial charge in [0.25, 0.3) is 6.71 Å². The number of furan rings is 1. The van der Waals surface area contributed by atoms with Crippen LogP contribution in [0, 0.1) is 6.92 Å². The zero-order chi connectivity index (χ0) is 34.5. The molecule has 11 aromatic rings. The van der Waals surface area contributed by atoms with E-state index in [1.165, 1.54) is 70.0 Å². The van der Waals surface area contributed by atoms with Crippen molar-refractivity contribution < 1.29 is 4.42 Å². The number of anilines is 3. The van der Waals surface area contributed by atoms with Crippen LogP contribution in [0.4, 0.5) is 17.1 Å². The summed E-state index contributed by atoms with van der Waals surface area (Å²) in [6.07, 6.45) is 0. The first-order valence-electron chi connectivity index (χ1n) is 18.2. The van der Waals surface area contributed by atoms with Gasteiger partial charge in [-0.3, -0.25) is 0 Å². The standard InChI is InChI=1S/C47H28BN3OS/c1-27-25-36-41-37(26-27)51-43-30-17-8-10-21-38(30)52-46(43)40-35(49(28-13-4-2-5-14-28)29-15-6-3-7-16-29)24-23-34(45(40)51)48(41)33-20-12-19-32-42(33)50(36)44-31-18-9-11-22-39(31)53-47(32)44/h2-26H,1H3. The molecule has 0 amide bonds. The molecule has 6 heterocycles. The SMILES string of the molecule is Cc1cc2c3c(c1)-n1c4c(cccc4c4sc5ccccc5c41)B3c1ccc(N(c3ccccc3)c3ccccc3)c3c4oc5ccccc5c4n-2c13. The average Bonchev–Trinajstić information content (AvgIpc) is 3.94. The number of aryl methyl sites for hydroxylation is 1. The molecule has 0 radical (unpaired) electrons. The Balaban J connectivity index is 1.23. The second-order valence-corrected chi connectivity index (χ2v) is 15.6. The molecule has 13 rings (SSSR count). The Labute approximate surface area is 308 Å². The highest BCUT2D eigenvalue weighted by atomic mass is 32.1. The summed E-state index contributed by atoms with van der Waals surface area (Å²) in [5, 5.41) is 4.91. The minimum Gasteiger partial charge on any atom is -0.454 e. The van der Waals surface area contributed by atoms with Crippen LogP contribution in [0.15, 0.2) is 156 Å². The quantitative estimate of drug-likeness (QED) is 0.172. The van der Waals surface area contributed by atoms with Gasteiger partial charge in [0, 0.05) is 43.6 Å². The number of hydrogen-bond acceptors (Lipinski definition) is 3. The molecular formula is C47H28BN3OS. The average molecular weight is 694 g/mol. The molecule has 0 N–H and O–H groups in total. The number of thiophene rings is 1. The molecule has 0 atom stereocenters. The van der Waals surface area contributed by atoms with Crippen LogP contribution >= 0.6 is 11.3 Å². The van der Waals surface area contributed by atoms with Gasteiger partial charge in [0.05, 0.1) is 32.3 Å². The summed E-state index contributed by atoms with van der Waals surface area (Å²) in [5.74, 6) is 0. The molecule has 4 aromatic heterocycles. The van der Waals surface area contributed by atoms with Gasteiger partial charge >= 0.3 is 0 Å². The number of rotatable bonds is 3. The second-order valence-electron chi connectivity index (χ2n) is 14.5. The maximum atomic E-state index is 7.00. The Morgan fingerprint density at radius 1 is 0.566 bits per heavy atom. The van der Waals surface area contributed by atoms with Gasteiger partial charge in [-0.25, -0.2) is 0 Å². The predicted octanol–water partition coefficient (Wildman–Crippen LogP) is 10.8. The zero-order valence-corrected chi connectivity index (χ0v) is 29.5. The van der Waals surface area contributed by atoms with E-state index < -0.39 is 0 Å². The fourth-order valence-corrected chi connectivity index (χ4v) is 11.0. The van der Waals surface area contributed by atoms with Crippen molar-refractivity contribution >= 4 is 116 Å². The van der Waals surface area contributed by atoms with Gasteiger partial charge in [-0.1, -0.05) is 91.0 Å². The molecule has 0 saturated carbocycles. The highest BCUT2D eigenvalue weighted by Gasteiger charge is 2.42. The fraction of sp³-hybridized carbons (Fsp3) is 0.0213. The van der Waals surface area contributed by atoms with Crippen LogP contribution in [0.2, 0.25) is 0 Å². The highest BCUT2D eigenvalue weighted by molar-refractivity contribution is 7.26. The van der Waals surface area contributed by atoms with Gasteiger partial charge in [-0.05, 0) is 89.5 Å². The van der Waals surface area contributed by atoms with Crippen molar-refractivity contribution in [3.05, 3.63) is 157 Å². The number of nitrogens with zero attached hydrogens (tertiary/aromatic N) is 3. The lowest BCUT2D eigenvalue weighted by molar-refractivity contribution is 0.673. The summed E-state index contributed by atoms with van der Waals surface area (Å²) in [4.78, 5) is 2.39. The summed E-state index contributed by atoms with van der Waals surface area (Å²) < 4.78 is 14.8. The van der Waals surface area contributed by atoms with E-state index in [1.807, 2.05) is 11.3 Å². The van der Waals surface area contributed by atoms with Crippen molar-refractivity contribution in [2.45, 2.75) is 6.92 Å². The van der Waals surface area contributed by atoms with Gasteiger partial charge in [0.1, 0.15) is 11.1 Å². The molecule has 4 nitrogen and oxygen atoms in total. The first-order valence-corrected chi connectivity index (χ1v) is 19.0. The van der Waals surface area contributed by atoms with Gasteiger partial charge in [0.2, 0.25) is 0 Å². The monoisotopic (exact) mass is 693 g/mol. The molecule has 0 fully saturated rings. The zero-order valence-electron chi connectivity index (χ0n) is 28.7. The molecule has 0 aliphatic carbocycles. The molecule has 0 unspecified atom stereocenters. The molecule has 2 aliphatic heterocycles. The van der Waals surface area contributed by atoms with Crippen molar-refractivity contribution in [3.8, 4) is 11.4 Å². The van der Waals surface area contributed by atoms with Crippen LogP contribution in [0.25, 0.3) is 75.6 Å². The van der Waals surface area contributed by atoms with Gasteiger partial charge in [0.15, 0.2) is 5.58 Å². The highest BCUT2D eigenvalue weighted by Crippen LogP contribution is 2.48. The number of hydrogen-bond donors (Lipinski definition) is 0. The third-order valence-corrected chi connectivity index (χ3v) is 12.9. The first kappa shape index (κ1) is 28.1. The lowest BCUT2D eigenvalue weighted by Crippen LogP contribution is -2.59. The first-order chi connectivity index (χ1) is 26.2. The maximum Gasteiger partial charge on any atom is 0.252 e. The third kappa shape index (κ3) is 3.43. The Hall–Kier alpha value is -6.50. The lowest BCUT2D eigenvalue weighted by Gasteiger charge is -2.34. The van der Waals surface area contributed by atoms with E-state index in [0.717, 1.165) is 44.5 Å².